The van der Waals surface area contributed by atoms with Crippen LogP contribution >= 0.6 is 8.60 Å². The summed E-state index contributed by atoms with van der Waals surface area (Å²) in [5.41, 5.74) is 0. The highest BCUT2D eigenvalue weighted by atomic mass is 31.2. The van der Waals surface area contributed by atoms with Crippen molar-refractivity contribution in [3.63, 3.8) is 0 Å². The van der Waals surface area contributed by atoms with Crippen LogP contribution in [0.5, 0.6) is 5.75 Å². The van der Waals surface area contributed by atoms with Crippen molar-refractivity contribution in [1.29, 1.82) is 0 Å². The van der Waals surface area contributed by atoms with Crippen LogP contribution in [0.25, 0.3) is 0 Å². The molecule has 0 aromatic heterocycles. The van der Waals surface area contributed by atoms with Crippen LogP contribution < -0.4 is 4.52 Å². The zero-order valence-corrected chi connectivity index (χ0v) is 9.94. The van der Waals surface area contributed by atoms with Gasteiger partial charge in [-0.05, 0) is 12.1 Å². The smallest absolute Gasteiger partial charge is 0.397 e. The summed E-state index contributed by atoms with van der Waals surface area (Å²) >= 11 is 0. The van der Waals surface area contributed by atoms with Gasteiger partial charge in [-0.2, -0.15) is 0 Å². The van der Waals surface area contributed by atoms with Gasteiger partial charge >= 0.3 is 8.60 Å². The van der Waals surface area contributed by atoms with Crippen LogP contribution in [0.2, 0.25) is 0 Å². The van der Waals surface area contributed by atoms with Crippen molar-refractivity contribution in [2.45, 2.75) is 0 Å². The average molecular weight is 238 g/mol. The molecule has 0 spiro atoms. The van der Waals surface area contributed by atoms with Gasteiger partial charge in [0.2, 0.25) is 0 Å². The molecular weight excluding hydrogens is 223 g/mol. The van der Waals surface area contributed by atoms with Crippen molar-refractivity contribution in [2.75, 3.05) is 13.2 Å². The van der Waals surface area contributed by atoms with E-state index in [9.17, 15) is 0 Å². The maximum absolute atomic E-state index is 5.54. The summed E-state index contributed by atoms with van der Waals surface area (Å²) in [6.07, 6.45) is 3.31. The first-order valence-electron chi connectivity index (χ1n) is 4.87. The Morgan fingerprint density at radius 2 is 1.56 bits per heavy atom. The standard InChI is InChI=1S/C12H15O3P/c1-3-10-13-16(14-11-4-2)15-12-8-6-5-7-9-12/h3-9H,1-2,10-11H2. The summed E-state index contributed by atoms with van der Waals surface area (Å²) in [5, 5.41) is 0. The van der Waals surface area contributed by atoms with Crippen molar-refractivity contribution in [3.05, 3.63) is 55.6 Å². The van der Waals surface area contributed by atoms with E-state index >= 15 is 0 Å². The van der Waals surface area contributed by atoms with Crippen LogP contribution in [0.3, 0.4) is 0 Å². The van der Waals surface area contributed by atoms with Gasteiger partial charge in [0.25, 0.3) is 0 Å². The fourth-order valence-corrected chi connectivity index (χ4v) is 1.81. The van der Waals surface area contributed by atoms with E-state index in [1.807, 2.05) is 30.3 Å². The fraction of sp³-hybridized carbons (Fsp3) is 0.167. The Balaban J connectivity index is 2.48. The number of benzene rings is 1. The van der Waals surface area contributed by atoms with Crippen LogP contribution in [0.15, 0.2) is 55.6 Å². The second-order valence-corrected chi connectivity index (χ2v) is 3.94. The first kappa shape index (κ1) is 12.9. The molecule has 0 saturated heterocycles. The minimum atomic E-state index is -1.39. The van der Waals surface area contributed by atoms with E-state index in [0.717, 1.165) is 5.75 Å². The molecule has 1 aromatic rings. The van der Waals surface area contributed by atoms with E-state index < -0.39 is 8.60 Å². The van der Waals surface area contributed by atoms with E-state index in [2.05, 4.69) is 13.2 Å². The molecule has 0 bridgehead atoms. The lowest BCUT2D eigenvalue weighted by molar-refractivity contribution is 0.238. The van der Waals surface area contributed by atoms with Gasteiger partial charge in [0, 0.05) is 0 Å². The topological polar surface area (TPSA) is 27.7 Å². The number of hydrogen-bond donors (Lipinski definition) is 0. The molecule has 0 unspecified atom stereocenters. The molecule has 0 amide bonds. The lowest BCUT2D eigenvalue weighted by Gasteiger charge is -2.15. The fourth-order valence-electron chi connectivity index (χ4n) is 0.885. The summed E-state index contributed by atoms with van der Waals surface area (Å²) < 4.78 is 16.2. The van der Waals surface area contributed by atoms with Gasteiger partial charge in [-0.3, -0.25) is 9.05 Å². The highest BCUT2D eigenvalue weighted by molar-refractivity contribution is 7.42. The van der Waals surface area contributed by atoms with Crippen molar-refractivity contribution in [2.24, 2.45) is 0 Å². The number of para-hydroxylation sites is 1. The van der Waals surface area contributed by atoms with E-state index in [1.165, 1.54) is 0 Å². The molecule has 0 aliphatic carbocycles. The molecule has 1 aromatic carbocycles. The van der Waals surface area contributed by atoms with Gasteiger partial charge in [0.15, 0.2) is 0 Å². The molecule has 4 heteroatoms. The lowest BCUT2D eigenvalue weighted by Crippen LogP contribution is -1.97. The van der Waals surface area contributed by atoms with E-state index in [1.54, 1.807) is 12.2 Å². The van der Waals surface area contributed by atoms with E-state index in [0.29, 0.717) is 13.2 Å². The van der Waals surface area contributed by atoms with E-state index in [-0.39, 0.29) is 0 Å². The molecule has 0 aliphatic rings. The molecule has 0 saturated carbocycles. The monoisotopic (exact) mass is 238 g/mol. The Hall–Kier alpha value is -1.15. The third-order valence-electron chi connectivity index (χ3n) is 1.52. The van der Waals surface area contributed by atoms with Gasteiger partial charge in [-0.1, -0.05) is 30.4 Å². The third kappa shape index (κ3) is 5.08. The second kappa shape index (κ2) is 8.05. The SMILES string of the molecule is C=CCOP(OCC=C)Oc1ccccc1. The molecule has 16 heavy (non-hydrogen) atoms. The molecule has 0 atom stereocenters. The summed E-state index contributed by atoms with van der Waals surface area (Å²) in [5.74, 6) is 0.724. The van der Waals surface area contributed by atoms with Crippen molar-refractivity contribution >= 4 is 8.60 Å². The van der Waals surface area contributed by atoms with Crippen LogP contribution in [-0.2, 0) is 9.05 Å². The highest BCUT2D eigenvalue weighted by Crippen LogP contribution is 2.40. The largest absolute Gasteiger partial charge is 0.427 e. The zero-order chi connectivity index (χ0) is 11.6. The van der Waals surface area contributed by atoms with Gasteiger partial charge < -0.3 is 4.52 Å². The maximum Gasteiger partial charge on any atom is 0.397 e. The Labute approximate surface area is 97.3 Å². The molecule has 0 fully saturated rings. The maximum atomic E-state index is 5.54. The third-order valence-corrected chi connectivity index (χ3v) is 2.60. The summed E-state index contributed by atoms with van der Waals surface area (Å²) in [6.45, 7) is 7.95. The van der Waals surface area contributed by atoms with Crippen molar-refractivity contribution in [3.8, 4) is 5.75 Å². The Morgan fingerprint density at radius 3 is 2.06 bits per heavy atom. The van der Waals surface area contributed by atoms with Gasteiger partial charge in [-0.25, -0.2) is 0 Å². The summed E-state index contributed by atoms with van der Waals surface area (Å²) in [6, 6.07) is 9.41. The Bertz CT molecular complexity index is 301. The molecule has 0 heterocycles. The number of hydrogen-bond acceptors (Lipinski definition) is 3. The summed E-state index contributed by atoms with van der Waals surface area (Å²) in [7, 11) is -1.39. The predicted molar refractivity (Wildman–Crippen MR) is 66.3 cm³/mol. The van der Waals surface area contributed by atoms with Crippen molar-refractivity contribution in [1.82, 2.24) is 0 Å². The molecule has 0 radical (unpaired) electrons. The molecule has 86 valence electrons. The quantitative estimate of drug-likeness (QED) is 0.510. The lowest BCUT2D eigenvalue weighted by atomic mass is 10.3. The first-order valence-corrected chi connectivity index (χ1v) is 5.97. The molecular formula is C12H15O3P. The average Bonchev–Trinajstić information content (AvgIpc) is 2.34. The van der Waals surface area contributed by atoms with Gasteiger partial charge in [0.1, 0.15) is 5.75 Å². The minimum Gasteiger partial charge on any atom is -0.427 e. The van der Waals surface area contributed by atoms with Gasteiger partial charge in [0.05, 0.1) is 13.2 Å². The van der Waals surface area contributed by atoms with Crippen molar-refractivity contribution < 1.29 is 13.6 Å². The minimum absolute atomic E-state index is 0.398. The van der Waals surface area contributed by atoms with Gasteiger partial charge in [-0.15, -0.1) is 13.2 Å². The normalized spacial score (nSPS) is 10.1. The second-order valence-electron chi connectivity index (χ2n) is 2.80. The molecule has 1 rings (SSSR count). The molecule has 0 N–H and O–H groups in total. The van der Waals surface area contributed by atoms with Crippen LogP contribution in [0.1, 0.15) is 0 Å². The van der Waals surface area contributed by atoms with Crippen LogP contribution in [0.4, 0.5) is 0 Å². The zero-order valence-electron chi connectivity index (χ0n) is 9.04. The predicted octanol–water partition coefficient (Wildman–Crippen LogP) is 3.70. The molecule has 0 aliphatic heterocycles. The number of rotatable bonds is 8. The Morgan fingerprint density at radius 1 is 1.00 bits per heavy atom. The molecule has 3 nitrogen and oxygen atoms in total. The van der Waals surface area contributed by atoms with Crippen LogP contribution in [0, 0.1) is 0 Å². The van der Waals surface area contributed by atoms with Crippen LogP contribution in [-0.4, -0.2) is 13.2 Å². The summed E-state index contributed by atoms with van der Waals surface area (Å²) in [4.78, 5) is 0. The Kier molecular flexibility index (Phi) is 6.50. The van der Waals surface area contributed by atoms with E-state index in [4.69, 9.17) is 13.6 Å². The first-order chi connectivity index (χ1) is 7.86. The highest BCUT2D eigenvalue weighted by Gasteiger charge is 2.12.